The third-order valence-electron chi connectivity index (χ3n) is 2.75. The van der Waals surface area contributed by atoms with E-state index in [-0.39, 0.29) is 11.9 Å². The number of carbonyl (C=O) groups excluding carboxylic acids is 1. The fourth-order valence-corrected chi connectivity index (χ4v) is 2.93. The van der Waals surface area contributed by atoms with Crippen LogP contribution in [0.2, 0.25) is 0 Å². The van der Waals surface area contributed by atoms with Crippen molar-refractivity contribution in [1.29, 1.82) is 0 Å². The Hall–Kier alpha value is 0.580. The summed E-state index contributed by atoms with van der Waals surface area (Å²) in [5.41, 5.74) is -0.975. The van der Waals surface area contributed by atoms with Crippen molar-refractivity contribution in [3.8, 4) is 0 Å². The van der Waals surface area contributed by atoms with Crippen LogP contribution in [0.1, 0.15) is 19.8 Å². The van der Waals surface area contributed by atoms with Gasteiger partial charge in [-0.3, -0.25) is 4.79 Å². The Labute approximate surface area is 103 Å². The molecule has 0 fully saturated rings. The minimum Gasteiger partial charge on any atom is -0.356 e. The SMILES string of the molecule is CCC[C@]1(OP)C(=O)C=C[C@H](OP)[C@H]1OP. The highest BCUT2D eigenvalue weighted by Gasteiger charge is 2.50. The molecule has 0 saturated carbocycles. The van der Waals surface area contributed by atoms with Gasteiger partial charge in [-0.05, 0) is 18.6 Å². The lowest BCUT2D eigenvalue weighted by Crippen LogP contribution is -2.56. The lowest BCUT2D eigenvalue weighted by Gasteiger charge is -2.41. The largest absolute Gasteiger partial charge is 0.356 e. The molecule has 0 N–H and O–H groups in total. The van der Waals surface area contributed by atoms with Crippen molar-refractivity contribution in [2.24, 2.45) is 0 Å². The fraction of sp³-hybridized carbons (Fsp3) is 0.667. The molecule has 0 aromatic carbocycles. The maximum Gasteiger partial charge on any atom is 0.190 e. The second-order valence-electron chi connectivity index (χ2n) is 3.64. The minimum absolute atomic E-state index is 0.0879. The zero-order valence-electron chi connectivity index (χ0n) is 9.09. The zero-order valence-corrected chi connectivity index (χ0v) is 12.6. The van der Waals surface area contributed by atoms with E-state index in [2.05, 4.69) is 28.4 Å². The van der Waals surface area contributed by atoms with E-state index in [4.69, 9.17) is 13.6 Å². The predicted octanol–water partition coefficient (Wildman–Crippen LogP) is 1.82. The first-order valence-electron chi connectivity index (χ1n) is 4.97. The maximum atomic E-state index is 12.0. The highest BCUT2D eigenvalue weighted by Crippen LogP contribution is 2.36. The molecule has 0 aromatic heterocycles. The van der Waals surface area contributed by atoms with Gasteiger partial charge in [0.15, 0.2) is 11.4 Å². The van der Waals surface area contributed by atoms with Gasteiger partial charge in [-0.15, -0.1) is 0 Å². The van der Waals surface area contributed by atoms with Gasteiger partial charge < -0.3 is 13.6 Å². The Bertz CT molecular complexity index is 284. The molecule has 0 amide bonds. The Morgan fingerprint density at radius 2 is 2.06 bits per heavy atom. The van der Waals surface area contributed by atoms with Crippen molar-refractivity contribution < 1.29 is 18.4 Å². The lowest BCUT2D eigenvalue weighted by atomic mass is 9.80. The van der Waals surface area contributed by atoms with E-state index in [1.807, 2.05) is 6.92 Å². The predicted molar refractivity (Wildman–Crippen MR) is 71.7 cm³/mol. The van der Waals surface area contributed by atoms with Crippen LogP contribution in [0.5, 0.6) is 0 Å². The molecule has 0 aliphatic heterocycles. The van der Waals surface area contributed by atoms with E-state index in [1.54, 1.807) is 6.08 Å². The second kappa shape index (κ2) is 6.50. The number of hydrogen-bond acceptors (Lipinski definition) is 4. The number of rotatable bonds is 5. The summed E-state index contributed by atoms with van der Waals surface area (Å²) in [5.74, 6) is -0.0879. The molecule has 92 valence electrons. The van der Waals surface area contributed by atoms with Crippen LogP contribution in [0.15, 0.2) is 12.2 Å². The van der Waals surface area contributed by atoms with Crippen LogP contribution in [0.25, 0.3) is 0 Å². The van der Waals surface area contributed by atoms with Crippen LogP contribution >= 0.6 is 28.4 Å². The van der Waals surface area contributed by atoms with Crippen molar-refractivity contribution in [2.45, 2.75) is 37.6 Å². The second-order valence-corrected chi connectivity index (χ2v) is 4.42. The van der Waals surface area contributed by atoms with Crippen LogP contribution in [-0.2, 0) is 18.4 Å². The summed E-state index contributed by atoms with van der Waals surface area (Å²) in [4.78, 5) is 12.0. The number of ketones is 1. The van der Waals surface area contributed by atoms with Crippen molar-refractivity contribution in [2.75, 3.05) is 0 Å². The highest BCUT2D eigenvalue weighted by molar-refractivity contribution is 7.10. The Kier molecular flexibility index (Phi) is 5.94. The van der Waals surface area contributed by atoms with Crippen LogP contribution in [0, 0.1) is 0 Å². The lowest BCUT2D eigenvalue weighted by molar-refractivity contribution is -0.143. The standard InChI is InChI=1S/C9H17O4P3/c1-2-5-9(13-16)7(10)4-3-6(11-14)8(9)12-15/h3-4,6,8H,2,5,14-16H2,1H3/t6-,8+,9-/m0/s1. The monoisotopic (exact) mass is 282 g/mol. The smallest absolute Gasteiger partial charge is 0.190 e. The van der Waals surface area contributed by atoms with Crippen LogP contribution < -0.4 is 0 Å². The van der Waals surface area contributed by atoms with Crippen molar-refractivity contribution >= 4 is 34.2 Å². The molecule has 0 bridgehead atoms. The first-order chi connectivity index (χ1) is 7.66. The van der Waals surface area contributed by atoms with Gasteiger partial charge in [0.2, 0.25) is 0 Å². The third kappa shape index (κ3) is 2.53. The topological polar surface area (TPSA) is 44.8 Å². The molecule has 7 heteroatoms. The minimum atomic E-state index is -0.975. The summed E-state index contributed by atoms with van der Waals surface area (Å²) >= 11 is 0. The fourth-order valence-electron chi connectivity index (χ4n) is 1.95. The van der Waals surface area contributed by atoms with Crippen LogP contribution in [0.3, 0.4) is 0 Å². The van der Waals surface area contributed by atoms with Crippen molar-refractivity contribution in [3.05, 3.63) is 12.2 Å². The first kappa shape index (κ1) is 14.6. The van der Waals surface area contributed by atoms with Gasteiger partial charge in [-0.1, -0.05) is 13.3 Å². The van der Waals surface area contributed by atoms with Crippen molar-refractivity contribution in [1.82, 2.24) is 0 Å². The number of hydrogen-bond donors (Lipinski definition) is 0. The van der Waals surface area contributed by atoms with Crippen molar-refractivity contribution in [3.63, 3.8) is 0 Å². The van der Waals surface area contributed by atoms with E-state index in [1.165, 1.54) is 6.08 Å². The molecular formula is C9H17O4P3. The Morgan fingerprint density at radius 3 is 2.50 bits per heavy atom. The van der Waals surface area contributed by atoms with E-state index < -0.39 is 11.7 Å². The van der Waals surface area contributed by atoms with Gasteiger partial charge in [-0.25, -0.2) is 0 Å². The van der Waals surface area contributed by atoms with Gasteiger partial charge >= 0.3 is 0 Å². The normalized spacial score (nSPS) is 34.4. The quantitative estimate of drug-likeness (QED) is 0.722. The Morgan fingerprint density at radius 1 is 1.38 bits per heavy atom. The maximum absolute atomic E-state index is 12.0. The summed E-state index contributed by atoms with van der Waals surface area (Å²) in [7, 11) is 6.51. The zero-order chi connectivity index (χ0) is 12.2. The van der Waals surface area contributed by atoms with Gasteiger partial charge in [0.1, 0.15) is 12.2 Å². The summed E-state index contributed by atoms with van der Waals surface area (Å²) in [6, 6.07) is 0. The van der Waals surface area contributed by atoms with E-state index >= 15 is 0 Å². The van der Waals surface area contributed by atoms with E-state index in [0.717, 1.165) is 6.42 Å². The van der Waals surface area contributed by atoms with Gasteiger partial charge in [0.25, 0.3) is 0 Å². The van der Waals surface area contributed by atoms with Gasteiger partial charge in [0, 0.05) is 28.4 Å². The molecular weight excluding hydrogens is 265 g/mol. The van der Waals surface area contributed by atoms with Gasteiger partial charge in [0.05, 0.1) is 0 Å². The highest BCUT2D eigenvalue weighted by atomic mass is 31.0. The first-order valence-corrected chi connectivity index (χ1v) is 6.39. The summed E-state index contributed by atoms with van der Waals surface area (Å²) < 4.78 is 15.8. The molecule has 0 radical (unpaired) electrons. The number of carbonyl (C=O) groups is 1. The van der Waals surface area contributed by atoms with E-state index in [9.17, 15) is 4.79 Å². The molecule has 4 nitrogen and oxygen atoms in total. The molecule has 0 heterocycles. The molecule has 3 unspecified atom stereocenters. The molecule has 6 atom stereocenters. The molecule has 0 spiro atoms. The van der Waals surface area contributed by atoms with E-state index in [0.29, 0.717) is 6.42 Å². The van der Waals surface area contributed by atoms with Crippen LogP contribution in [0.4, 0.5) is 0 Å². The third-order valence-corrected chi connectivity index (χ3v) is 3.78. The molecule has 0 saturated heterocycles. The molecule has 1 rings (SSSR count). The van der Waals surface area contributed by atoms with Gasteiger partial charge in [-0.2, -0.15) is 0 Å². The molecule has 16 heavy (non-hydrogen) atoms. The summed E-state index contributed by atoms with van der Waals surface area (Å²) in [5, 5.41) is 0. The van der Waals surface area contributed by atoms with Crippen LogP contribution in [-0.4, -0.2) is 23.6 Å². The molecule has 1 aliphatic rings. The molecule has 0 aromatic rings. The average Bonchev–Trinajstić information content (AvgIpc) is 2.31. The molecule has 1 aliphatic carbocycles. The Balaban J connectivity index is 3.09. The summed E-state index contributed by atoms with van der Waals surface area (Å²) in [6.07, 6.45) is 3.80. The summed E-state index contributed by atoms with van der Waals surface area (Å²) in [6.45, 7) is 1.99. The average molecular weight is 282 g/mol.